The molecule has 1 N–H and O–H groups in total. The van der Waals surface area contributed by atoms with Crippen LogP contribution in [-0.4, -0.2) is 16.5 Å². The molecule has 0 bridgehead atoms. The number of nitrogens with one attached hydrogen (secondary N) is 1. The van der Waals surface area contributed by atoms with E-state index >= 15 is 0 Å². The van der Waals surface area contributed by atoms with Crippen LogP contribution in [0.2, 0.25) is 0 Å². The van der Waals surface area contributed by atoms with Crippen molar-refractivity contribution < 1.29 is 0 Å². The predicted octanol–water partition coefficient (Wildman–Crippen LogP) is 3.56. The first-order valence-corrected chi connectivity index (χ1v) is 5.71. The molecule has 3 heteroatoms. The number of aromatic nitrogens is 1. The third-order valence-corrected chi connectivity index (χ3v) is 2.43. The summed E-state index contributed by atoms with van der Waals surface area (Å²) >= 11 is 0. The predicted molar refractivity (Wildman–Crippen MR) is 70.3 cm³/mol. The van der Waals surface area contributed by atoms with Gasteiger partial charge in [0.1, 0.15) is 5.82 Å². The van der Waals surface area contributed by atoms with Gasteiger partial charge in [-0.3, -0.25) is 0 Å². The van der Waals surface area contributed by atoms with Crippen molar-refractivity contribution in [2.75, 3.05) is 0 Å². The number of hydrogen-bond acceptors (Lipinski definition) is 2. The van der Waals surface area contributed by atoms with E-state index in [-0.39, 0.29) is 0 Å². The van der Waals surface area contributed by atoms with E-state index in [2.05, 4.69) is 29.6 Å². The third-order valence-electron chi connectivity index (χ3n) is 2.43. The first-order chi connectivity index (χ1) is 7.47. The number of hydrogen-bond donors (Lipinski definition) is 1. The van der Waals surface area contributed by atoms with Gasteiger partial charge in [-0.2, -0.15) is 0 Å². The molecule has 1 aromatic heterocycles. The van der Waals surface area contributed by atoms with Gasteiger partial charge in [-0.25, -0.2) is 4.99 Å². The Hall–Kier alpha value is -1.38. The van der Waals surface area contributed by atoms with Crippen molar-refractivity contribution in [2.24, 2.45) is 10.9 Å². The van der Waals surface area contributed by atoms with Crippen molar-refractivity contribution in [3.05, 3.63) is 17.3 Å². The maximum Gasteiger partial charge on any atom is 0.141 e. The highest BCUT2D eigenvalue weighted by Gasteiger charge is 2.14. The molecule has 3 nitrogen and oxygen atoms in total. The van der Waals surface area contributed by atoms with Crippen LogP contribution in [0, 0.1) is 18.3 Å². The second kappa shape index (κ2) is 5.10. The van der Waals surface area contributed by atoms with Gasteiger partial charge >= 0.3 is 0 Å². The Bertz CT molecular complexity index is 411. The quantitative estimate of drug-likeness (QED) is 0.752. The summed E-state index contributed by atoms with van der Waals surface area (Å²) in [5, 5.41) is 7.80. The van der Waals surface area contributed by atoms with E-state index in [1.54, 1.807) is 6.21 Å². The highest BCUT2D eigenvalue weighted by molar-refractivity contribution is 6.02. The topological polar surface area (TPSA) is 41.1 Å². The molecule has 88 valence electrons. The Morgan fingerprint density at radius 2 is 2.19 bits per heavy atom. The van der Waals surface area contributed by atoms with E-state index in [0.717, 1.165) is 23.5 Å². The summed E-state index contributed by atoms with van der Waals surface area (Å²) in [5.74, 6) is 1.50. The summed E-state index contributed by atoms with van der Waals surface area (Å²) in [4.78, 5) is 4.40. The number of aryl methyl sites for hydroxylation is 1. The van der Waals surface area contributed by atoms with Gasteiger partial charge in [0.2, 0.25) is 0 Å². The molecule has 0 amide bonds. The van der Waals surface area contributed by atoms with Gasteiger partial charge in [0.15, 0.2) is 0 Å². The lowest BCUT2D eigenvalue weighted by molar-refractivity contribution is 0.527. The van der Waals surface area contributed by atoms with Crippen molar-refractivity contribution in [3.8, 4) is 0 Å². The minimum absolute atomic E-state index is 0.580. The molecule has 0 fully saturated rings. The molecule has 1 rings (SSSR count). The number of nitrogens with zero attached hydrogens (tertiary/aromatic N) is 2. The van der Waals surface area contributed by atoms with Crippen LogP contribution >= 0.6 is 0 Å². The van der Waals surface area contributed by atoms with Crippen molar-refractivity contribution in [1.82, 2.24) is 4.57 Å². The summed E-state index contributed by atoms with van der Waals surface area (Å²) in [6, 6.07) is 0. The average Bonchev–Trinajstić information content (AvgIpc) is 2.42. The van der Waals surface area contributed by atoms with E-state index in [1.807, 2.05) is 20.8 Å². The van der Waals surface area contributed by atoms with E-state index in [4.69, 9.17) is 5.41 Å². The Morgan fingerprint density at radius 3 is 2.62 bits per heavy atom. The molecule has 0 aromatic carbocycles. The monoisotopic (exact) mass is 219 g/mol. The second-order valence-electron chi connectivity index (χ2n) is 4.57. The van der Waals surface area contributed by atoms with Crippen LogP contribution in [0.1, 0.15) is 38.8 Å². The SMILES string of the molecule is CC=Nc1c(C(C)=N)c(C)cn1CC(C)C. The van der Waals surface area contributed by atoms with Gasteiger partial charge in [-0.1, -0.05) is 13.8 Å². The maximum absolute atomic E-state index is 7.80. The molecule has 1 aromatic rings. The zero-order chi connectivity index (χ0) is 12.3. The molecule has 0 atom stereocenters. The largest absolute Gasteiger partial charge is 0.332 e. The van der Waals surface area contributed by atoms with Gasteiger partial charge in [-0.15, -0.1) is 0 Å². The Balaban J connectivity index is 3.28. The molecule has 0 radical (unpaired) electrons. The van der Waals surface area contributed by atoms with E-state index in [1.165, 1.54) is 0 Å². The standard InChI is InChI=1S/C13H21N3/c1-6-15-13-12(11(5)14)10(4)8-16(13)7-9(2)3/h6,8-9,14H,7H2,1-5H3. The normalized spacial score (nSPS) is 11.6. The highest BCUT2D eigenvalue weighted by atomic mass is 15.1. The van der Waals surface area contributed by atoms with Gasteiger partial charge in [-0.05, 0) is 32.3 Å². The van der Waals surface area contributed by atoms with Crippen molar-refractivity contribution in [1.29, 1.82) is 5.41 Å². The van der Waals surface area contributed by atoms with E-state index < -0.39 is 0 Å². The molecular weight excluding hydrogens is 198 g/mol. The Labute approximate surface area is 97.7 Å². The molecule has 0 spiro atoms. The molecule has 0 aliphatic carbocycles. The fourth-order valence-electron chi connectivity index (χ4n) is 1.94. The van der Waals surface area contributed by atoms with Gasteiger partial charge in [0, 0.05) is 30.2 Å². The lowest BCUT2D eigenvalue weighted by atomic mass is 10.1. The smallest absolute Gasteiger partial charge is 0.141 e. The minimum atomic E-state index is 0.580. The van der Waals surface area contributed by atoms with Crippen LogP contribution in [0.5, 0.6) is 0 Å². The zero-order valence-electron chi connectivity index (χ0n) is 10.8. The molecular formula is C13H21N3. The summed E-state index contributed by atoms with van der Waals surface area (Å²) in [7, 11) is 0. The maximum atomic E-state index is 7.80. The fraction of sp³-hybridized carbons (Fsp3) is 0.538. The minimum Gasteiger partial charge on any atom is -0.332 e. The first kappa shape index (κ1) is 12.7. The number of aliphatic imine (C=N–C) groups is 1. The molecule has 0 aliphatic heterocycles. The fourth-order valence-corrected chi connectivity index (χ4v) is 1.94. The third kappa shape index (κ3) is 2.60. The molecule has 0 saturated carbocycles. The molecule has 0 saturated heterocycles. The molecule has 0 aliphatic rings. The second-order valence-corrected chi connectivity index (χ2v) is 4.57. The lowest BCUT2D eigenvalue weighted by Crippen LogP contribution is -2.03. The van der Waals surface area contributed by atoms with Crippen LogP contribution < -0.4 is 0 Å². The summed E-state index contributed by atoms with van der Waals surface area (Å²) < 4.78 is 2.15. The van der Waals surface area contributed by atoms with Crippen LogP contribution in [0.15, 0.2) is 11.2 Å². The van der Waals surface area contributed by atoms with Gasteiger partial charge < -0.3 is 9.98 Å². The van der Waals surface area contributed by atoms with Crippen molar-refractivity contribution in [3.63, 3.8) is 0 Å². The van der Waals surface area contributed by atoms with Gasteiger partial charge in [0.05, 0.1) is 0 Å². The molecule has 0 unspecified atom stereocenters. The summed E-state index contributed by atoms with van der Waals surface area (Å²) in [5.41, 5.74) is 2.69. The molecule has 1 heterocycles. The Morgan fingerprint density at radius 1 is 1.56 bits per heavy atom. The lowest BCUT2D eigenvalue weighted by Gasteiger charge is -2.09. The summed E-state index contributed by atoms with van der Waals surface area (Å²) in [6.45, 7) is 11.1. The average molecular weight is 219 g/mol. The Kier molecular flexibility index (Phi) is 4.05. The van der Waals surface area contributed by atoms with Gasteiger partial charge in [0.25, 0.3) is 0 Å². The van der Waals surface area contributed by atoms with E-state index in [0.29, 0.717) is 11.6 Å². The van der Waals surface area contributed by atoms with Crippen LogP contribution in [0.25, 0.3) is 0 Å². The van der Waals surface area contributed by atoms with Crippen LogP contribution in [0.3, 0.4) is 0 Å². The van der Waals surface area contributed by atoms with Crippen molar-refractivity contribution in [2.45, 2.75) is 41.2 Å². The van der Waals surface area contributed by atoms with Crippen LogP contribution in [-0.2, 0) is 6.54 Å². The summed E-state index contributed by atoms with van der Waals surface area (Å²) in [6.07, 6.45) is 3.88. The number of rotatable bonds is 4. The highest BCUT2D eigenvalue weighted by Crippen LogP contribution is 2.26. The molecule has 16 heavy (non-hydrogen) atoms. The first-order valence-electron chi connectivity index (χ1n) is 5.71. The van der Waals surface area contributed by atoms with Crippen LogP contribution in [0.4, 0.5) is 5.82 Å². The van der Waals surface area contributed by atoms with Crippen molar-refractivity contribution >= 4 is 17.7 Å². The zero-order valence-corrected chi connectivity index (χ0v) is 10.8. The van der Waals surface area contributed by atoms with E-state index in [9.17, 15) is 0 Å².